The van der Waals surface area contributed by atoms with Crippen molar-refractivity contribution in [3.63, 3.8) is 0 Å². The van der Waals surface area contributed by atoms with Crippen LogP contribution in [0.3, 0.4) is 0 Å². The van der Waals surface area contributed by atoms with Crippen LogP contribution in [0.5, 0.6) is 0 Å². The van der Waals surface area contributed by atoms with Crippen molar-refractivity contribution in [2.75, 3.05) is 11.9 Å². The van der Waals surface area contributed by atoms with Crippen LogP contribution in [0.25, 0.3) is 21.9 Å². The molecule has 0 aromatic heterocycles. The number of benzene rings is 4. The van der Waals surface area contributed by atoms with Crippen LogP contribution >= 0.6 is 0 Å². The first kappa shape index (κ1) is 17.7. The molecule has 4 aromatic carbocycles. The third kappa shape index (κ3) is 3.21. The highest BCUT2D eigenvalue weighted by atomic mass is 16.1. The van der Waals surface area contributed by atoms with E-state index >= 15 is 0 Å². The van der Waals surface area contributed by atoms with Crippen LogP contribution in [0.4, 0.5) is 5.69 Å². The molecule has 0 aliphatic heterocycles. The zero-order valence-corrected chi connectivity index (χ0v) is 16.6. The molecule has 142 valence electrons. The second kappa shape index (κ2) is 7.21. The number of anilines is 1. The topological polar surface area (TPSA) is 20.3 Å². The fraction of sp³-hybridized carbons (Fsp3) is 0.148. The van der Waals surface area contributed by atoms with Crippen molar-refractivity contribution < 1.29 is 4.79 Å². The average molecular weight is 377 g/mol. The van der Waals surface area contributed by atoms with E-state index in [1.165, 1.54) is 38.7 Å². The lowest BCUT2D eigenvalue weighted by Crippen LogP contribution is -2.18. The molecule has 0 spiro atoms. The van der Waals surface area contributed by atoms with Gasteiger partial charge in [0, 0.05) is 36.8 Å². The van der Waals surface area contributed by atoms with Gasteiger partial charge in [-0.15, -0.1) is 0 Å². The Morgan fingerprint density at radius 1 is 0.793 bits per heavy atom. The maximum absolute atomic E-state index is 12.4. The van der Waals surface area contributed by atoms with Gasteiger partial charge in [-0.25, -0.2) is 0 Å². The first-order chi connectivity index (χ1) is 14.2. The maximum Gasteiger partial charge on any atom is 0.163 e. The number of hydrogen-bond acceptors (Lipinski definition) is 2. The summed E-state index contributed by atoms with van der Waals surface area (Å²) >= 11 is 0. The zero-order chi connectivity index (χ0) is 19.8. The molecule has 0 unspecified atom stereocenters. The Bertz CT molecular complexity index is 1210. The molecular formula is C27H23NO. The highest BCUT2D eigenvalue weighted by molar-refractivity contribution is 6.04. The molecule has 0 saturated heterocycles. The number of fused-ring (bicyclic) bond motifs is 2. The molecular weight excluding hydrogens is 354 g/mol. The molecule has 0 atom stereocenters. The molecule has 1 aliphatic carbocycles. The van der Waals surface area contributed by atoms with Crippen LogP contribution in [-0.2, 0) is 13.0 Å². The van der Waals surface area contributed by atoms with E-state index < -0.39 is 0 Å². The van der Waals surface area contributed by atoms with E-state index in [-0.39, 0.29) is 5.78 Å². The Balaban J connectivity index is 1.66. The molecule has 0 heterocycles. The average Bonchev–Trinajstić information content (AvgIpc) is 3.14. The van der Waals surface area contributed by atoms with Crippen molar-refractivity contribution in [2.24, 2.45) is 0 Å². The summed E-state index contributed by atoms with van der Waals surface area (Å²) in [5.41, 5.74) is 6.93. The van der Waals surface area contributed by atoms with Crippen LogP contribution in [0.15, 0.2) is 84.9 Å². The van der Waals surface area contributed by atoms with Gasteiger partial charge < -0.3 is 4.90 Å². The van der Waals surface area contributed by atoms with Gasteiger partial charge in [-0.3, -0.25) is 4.79 Å². The van der Waals surface area contributed by atoms with Gasteiger partial charge in [0.05, 0.1) is 0 Å². The molecule has 5 rings (SSSR count). The Kier molecular flexibility index (Phi) is 4.40. The second-order valence-corrected chi connectivity index (χ2v) is 7.81. The lowest BCUT2D eigenvalue weighted by molar-refractivity contribution is 0.0994. The summed E-state index contributed by atoms with van der Waals surface area (Å²) in [4.78, 5) is 14.7. The number of nitrogens with zero attached hydrogens (tertiary/aromatic N) is 1. The molecule has 0 radical (unpaired) electrons. The lowest BCUT2D eigenvalue weighted by atomic mass is 9.92. The third-order valence-electron chi connectivity index (χ3n) is 5.91. The van der Waals surface area contributed by atoms with Crippen LogP contribution in [0.2, 0.25) is 0 Å². The fourth-order valence-electron chi connectivity index (χ4n) is 4.46. The molecule has 0 saturated carbocycles. The number of rotatable bonds is 4. The van der Waals surface area contributed by atoms with E-state index in [1.54, 1.807) is 0 Å². The predicted octanol–water partition coefficient (Wildman–Crippen LogP) is 6.27. The Morgan fingerprint density at radius 2 is 1.55 bits per heavy atom. The summed E-state index contributed by atoms with van der Waals surface area (Å²) in [5.74, 6) is 0.263. The van der Waals surface area contributed by atoms with Crippen molar-refractivity contribution in [3.8, 4) is 11.1 Å². The summed E-state index contributed by atoms with van der Waals surface area (Å²) in [6.45, 7) is 0.828. The van der Waals surface area contributed by atoms with E-state index in [0.29, 0.717) is 6.42 Å². The third-order valence-corrected chi connectivity index (χ3v) is 5.91. The summed E-state index contributed by atoms with van der Waals surface area (Å²) in [5, 5.41) is 2.46. The number of hydrogen-bond donors (Lipinski definition) is 0. The Labute approximate surface area is 171 Å². The van der Waals surface area contributed by atoms with Gasteiger partial charge in [0.15, 0.2) is 5.78 Å². The van der Waals surface area contributed by atoms with E-state index in [9.17, 15) is 4.79 Å². The van der Waals surface area contributed by atoms with Crippen LogP contribution in [0.1, 0.15) is 27.9 Å². The van der Waals surface area contributed by atoms with Gasteiger partial charge in [0.1, 0.15) is 0 Å². The highest BCUT2D eigenvalue weighted by Crippen LogP contribution is 2.40. The second-order valence-electron chi connectivity index (χ2n) is 7.81. The molecule has 1 aliphatic rings. The van der Waals surface area contributed by atoms with Crippen molar-refractivity contribution in [3.05, 3.63) is 102 Å². The fourth-order valence-corrected chi connectivity index (χ4v) is 4.46. The monoisotopic (exact) mass is 377 g/mol. The molecule has 0 N–H and O–H groups in total. The standard InChI is InChI=1S/C27H23NO/c1-28(18-19-7-3-2-4-8-19)25-15-13-23-24(14-16-26(23)29)27(25)22-12-11-20-9-5-6-10-21(20)17-22/h2-13,15,17H,14,16,18H2,1H3. The first-order valence-electron chi connectivity index (χ1n) is 10.1. The Morgan fingerprint density at radius 3 is 2.38 bits per heavy atom. The zero-order valence-electron chi connectivity index (χ0n) is 16.6. The van der Waals surface area contributed by atoms with Crippen LogP contribution < -0.4 is 4.90 Å². The SMILES string of the molecule is CN(Cc1ccccc1)c1ccc2c(c1-c1ccc3ccccc3c1)CCC2=O. The van der Waals surface area contributed by atoms with Crippen molar-refractivity contribution in [1.82, 2.24) is 0 Å². The summed E-state index contributed by atoms with van der Waals surface area (Å²) in [6.07, 6.45) is 1.44. The summed E-state index contributed by atoms with van der Waals surface area (Å²) < 4.78 is 0. The molecule has 0 bridgehead atoms. The van der Waals surface area contributed by atoms with E-state index in [0.717, 1.165) is 18.5 Å². The first-order valence-corrected chi connectivity index (χ1v) is 10.1. The minimum atomic E-state index is 0.263. The number of Topliss-reactive ketones (excluding diaryl/α,β-unsaturated/α-hetero) is 1. The minimum absolute atomic E-state index is 0.263. The van der Waals surface area contributed by atoms with Gasteiger partial charge >= 0.3 is 0 Å². The van der Waals surface area contributed by atoms with Gasteiger partial charge in [-0.05, 0) is 52.1 Å². The Hall–Kier alpha value is -3.39. The largest absolute Gasteiger partial charge is 0.370 e. The van der Waals surface area contributed by atoms with Crippen molar-refractivity contribution in [2.45, 2.75) is 19.4 Å². The maximum atomic E-state index is 12.4. The highest BCUT2D eigenvalue weighted by Gasteiger charge is 2.26. The number of ketones is 1. The molecule has 4 aromatic rings. The smallest absolute Gasteiger partial charge is 0.163 e. The number of carbonyl (C=O) groups excluding carboxylic acids is 1. The van der Waals surface area contributed by atoms with E-state index in [1.807, 2.05) is 12.1 Å². The van der Waals surface area contributed by atoms with Crippen molar-refractivity contribution >= 4 is 22.2 Å². The van der Waals surface area contributed by atoms with Crippen LogP contribution in [0, 0.1) is 0 Å². The molecule has 0 amide bonds. The quantitative estimate of drug-likeness (QED) is 0.418. The summed E-state index contributed by atoms with van der Waals surface area (Å²) in [6, 6.07) is 29.7. The normalized spacial score (nSPS) is 12.9. The van der Waals surface area contributed by atoms with E-state index in [4.69, 9.17) is 0 Å². The van der Waals surface area contributed by atoms with E-state index in [2.05, 4.69) is 84.7 Å². The molecule has 2 heteroatoms. The molecule has 2 nitrogen and oxygen atoms in total. The van der Waals surface area contributed by atoms with Crippen molar-refractivity contribution in [1.29, 1.82) is 0 Å². The molecule has 0 fully saturated rings. The minimum Gasteiger partial charge on any atom is -0.370 e. The van der Waals surface area contributed by atoms with Gasteiger partial charge in [0.25, 0.3) is 0 Å². The lowest BCUT2D eigenvalue weighted by Gasteiger charge is -2.25. The van der Waals surface area contributed by atoms with Gasteiger partial charge in [-0.1, -0.05) is 66.7 Å². The van der Waals surface area contributed by atoms with Gasteiger partial charge in [0.2, 0.25) is 0 Å². The molecule has 29 heavy (non-hydrogen) atoms. The number of carbonyl (C=O) groups is 1. The predicted molar refractivity (Wildman–Crippen MR) is 121 cm³/mol. The van der Waals surface area contributed by atoms with Crippen LogP contribution in [-0.4, -0.2) is 12.8 Å². The summed E-state index contributed by atoms with van der Waals surface area (Å²) in [7, 11) is 2.13. The van der Waals surface area contributed by atoms with Gasteiger partial charge in [-0.2, -0.15) is 0 Å².